The predicted octanol–water partition coefficient (Wildman–Crippen LogP) is 2.89. The maximum absolute atomic E-state index is 13.6. The second-order valence-electron chi connectivity index (χ2n) is 5.96. The first-order valence-corrected chi connectivity index (χ1v) is 8.02. The molecule has 0 aliphatic carbocycles. The van der Waals surface area contributed by atoms with Crippen LogP contribution in [0.5, 0.6) is 5.75 Å². The zero-order valence-electron chi connectivity index (χ0n) is 13.5. The Hall–Kier alpha value is -2.54. The van der Waals surface area contributed by atoms with Gasteiger partial charge in [0.15, 0.2) is 17.4 Å². The highest BCUT2D eigenvalue weighted by atomic mass is 19.1. The van der Waals surface area contributed by atoms with E-state index in [9.17, 15) is 18.7 Å². The maximum Gasteiger partial charge on any atom is 0.254 e. The van der Waals surface area contributed by atoms with Gasteiger partial charge in [0.05, 0.1) is 6.10 Å². The number of aromatic nitrogens is 1. The van der Waals surface area contributed by atoms with Crippen LogP contribution in [0.25, 0.3) is 0 Å². The van der Waals surface area contributed by atoms with Crippen LogP contribution in [-0.4, -0.2) is 40.2 Å². The van der Waals surface area contributed by atoms with Gasteiger partial charge in [0, 0.05) is 37.7 Å². The maximum atomic E-state index is 13.6. The molecule has 1 aliphatic heterocycles. The number of phenols is 1. The molecule has 0 saturated carbocycles. The Morgan fingerprint density at radius 1 is 1.28 bits per heavy atom. The molecular weight excluding hydrogens is 330 g/mol. The van der Waals surface area contributed by atoms with E-state index >= 15 is 0 Å². The van der Waals surface area contributed by atoms with Crippen molar-refractivity contribution in [2.75, 3.05) is 13.2 Å². The van der Waals surface area contributed by atoms with E-state index in [1.807, 2.05) is 0 Å². The number of hydrogen-bond acceptors (Lipinski definition) is 4. The van der Waals surface area contributed by atoms with Crippen LogP contribution in [0, 0.1) is 11.6 Å². The van der Waals surface area contributed by atoms with Gasteiger partial charge in [-0.25, -0.2) is 8.78 Å². The van der Waals surface area contributed by atoms with Crippen LogP contribution in [0.4, 0.5) is 8.78 Å². The van der Waals surface area contributed by atoms with E-state index in [0.29, 0.717) is 13.2 Å². The SMILES string of the molecule is O=C(c1cc(F)c(O)c(F)c1)N(Cc1ccncc1)C[C@@H]1CCCO1. The van der Waals surface area contributed by atoms with Gasteiger partial charge in [-0.3, -0.25) is 9.78 Å². The van der Waals surface area contributed by atoms with Crippen molar-refractivity contribution in [2.24, 2.45) is 0 Å². The van der Waals surface area contributed by atoms with E-state index in [0.717, 1.165) is 30.5 Å². The van der Waals surface area contributed by atoms with Crippen molar-refractivity contribution < 1.29 is 23.4 Å². The van der Waals surface area contributed by atoms with Crippen molar-refractivity contribution >= 4 is 5.91 Å². The number of ether oxygens (including phenoxy) is 1. The second kappa shape index (κ2) is 7.57. The minimum atomic E-state index is -1.16. The van der Waals surface area contributed by atoms with Gasteiger partial charge in [-0.2, -0.15) is 0 Å². The number of aromatic hydroxyl groups is 1. The summed E-state index contributed by atoms with van der Waals surface area (Å²) in [4.78, 5) is 18.2. The number of carbonyl (C=O) groups is 1. The van der Waals surface area contributed by atoms with Crippen molar-refractivity contribution in [3.63, 3.8) is 0 Å². The molecule has 1 aromatic heterocycles. The number of hydrogen-bond donors (Lipinski definition) is 1. The lowest BCUT2D eigenvalue weighted by Gasteiger charge is -2.26. The van der Waals surface area contributed by atoms with Crippen molar-refractivity contribution in [3.8, 4) is 5.75 Å². The van der Waals surface area contributed by atoms with Gasteiger partial charge in [0.25, 0.3) is 5.91 Å². The second-order valence-corrected chi connectivity index (χ2v) is 5.96. The molecule has 0 spiro atoms. The first kappa shape index (κ1) is 17.3. The first-order chi connectivity index (χ1) is 12.0. The van der Waals surface area contributed by atoms with Crippen LogP contribution in [0.15, 0.2) is 36.7 Å². The number of amides is 1. The average molecular weight is 348 g/mol. The molecule has 2 aromatic rings. The van der Waals surface area contributed by atoms with Crippen LogP contribution >= 0.6 is 0 Å². The van der Waals surface area contributed by atoms with E-state index in [2.05, 4.69) is 4.98 Å². The van der Waals surface area contributed by atoms with Gasteiger partial charge in [-0.1, -0.05) is 0 Å². The quantitative estimate of drug-likeness (QED) is 0.902. The molecule has 1 atom stereocenters. The highest BCUT2D eigenvalue weighted by Crippen LogP contribution is 2.23. The first-order valence-electron chi connectivity index (χ1n) is 8.02. The molecule has 1 fully saturated rings. The molecule has 1 aromatic carbocycles. The van der Waals surface area contributed by atoms with Crippen LogP contribution in [0.3, 0.4) is 0 Å². The van der Waals surface area contributed by atoms with E-state index in [1.54, 1.807) is 24.5 Å². The molecule has 132 valence electrons. The summed E-state index contributed by atoms with van der Waals surface area (Å²) in [5.41, 5.74) is 0.695. The Labute approximate surface area is 143 Å². The molecule has 0 bridgehead atoms. The number of halogens is 2. The zero-order valence-corrected chi connectivity index (χ0v) is 13.5. The van der Waals surface area contributed by atoms with Crippen LogP contribution < -0.4 is 0 Å². The minimum Gasteiger partial charge on any atom is -0.503 e. The Balaban J connectivity index is 1.85. The number of nitrogens with zero attached hydrogens (tertiary/aromatic N) is 2. The van der Waals surface area contributed by atoms with E-state index in [-0.39, 0.29) is 18.2 Å². The molecule has 25 heavy (non-hydrogen) atoms. The monoisotopic (exact) mass is 348 g/mol. The number of pyridine rings is 1. The van der Waals surface area contributed by atoms with Gasteiger partial charge in [-0.15, -0.1) is 0 Å². The summed E-state index contributed by atoms with van der Waals surface area (Å²) in [7, 11) is 0. The fourth-order valence-electron chi connectivity index (χ4n) is 2.83. The van der Waals surface area contributed by atoms with Crippen molar-refractivity contribution in [3.05, 3.63) is 59.4 Å². The molecule has 1 aliphatic rings. The van der Waals surface area contributed by atoms with Crippen molar-refractivity contribution in [1.29, 1.82) is 0 Å². The van der Waals surface area contributed by atoms with Gasteiger partial charge in [0.1, 0.15) is 0 Å². The van der Waals surface area contributed by atoms with Crippen molar-refractivity contribution in [1.82, 2.24) is 9.88 Å². The average Bonchev–Trinajstić information content (AvgIpc) is 3.12. The Morgan fingerprint density at radius 2 is 1.96 bits per heavy atom. The molecule has 0 unspecified atom stereocenters. The number of carbonyl (C=O) groups excluding carboxylic acids is 1. The normalized spacial score (nSPS) is 16.8. The van der Waals surface area contributed by atoms with Crippen LogP contribution in [0.2, 0.25) is 0 Å². The summed E-state index contributed by atoms with van der Waals surface area (Å²) in [5.74, 6) is -3.94. The van der Waals surface area contributed by atoms with Crippen LogP contribution in [-0.2, 0) is 11.3 Å². The summed E-state index contributed by atoms with van der Waals surface area (Å²) in [6.45, 7) is 1.24. The lowest BCUT2D eigenvalue weighted by molar-refractivity contribution is 0.0506. The van der Waals surface area contributed by atoms with E-state index in [1.165, 1.54) is 4.90 Å². The summed E-state index contributed by atoms with van der Waals surface area (Å²) in [6.07, 6.45) is 4.88. The summed E-state index contributed by atoms with van der Waals surface area (Å²) < 4.78 is 32.8. The highest BCUT2D eigenvalue weighted by molar-refractivity contribution is 5.94. The standard InChI is InChI=1S/C18H18F2N2O3/c19-15-8-13(9-16(20)17(15)23)18(24)22(11-14-2-1-7-25-14)10-12-3-5-21-6-4-12/h3-6,8-9,14,23H,1-2,7,10-11H2/t14-/m0/s1. The molecule has 5 nitrogen and oxygen atoms in total. The highest BCUT2D eigenvalue weighted by Gasteiger charge is 2.25. The molecule has 2 heterocycles. The largest absolute Gasteiger partial charge is 0.503 e. The van der Waals surface area contributed by atoms with Gasteiger partial charge < -0.3 is 14.7 Å². The number of benzene rings is 1. The predicted molar refractivity (Wildman–Crippen MR) is 86.0 cm³/mol. The zero-order chi connectivity index (χ0) is 17.8. The number of rotatable bonds is 5. The third-order valence-corrected chi connectivity index (χ3v) is 4.12. The van der Waals surface area contributed by atoms with Crippen molar-refractivity contribution in [2.45, 2.75) is 25.5 Å². The summed E-state index contributed by atoms with van der Waals surface area (Å²) >= 11 is 0. The fourth-order valence-corrected chi connectivity index (χ4v) is 2.83. The summed E-state index contributed by atoms with van der Waals surface area (Å²) in [6, 6.07) is 5.23. The Kier molecular flexibility index (Phi) is 5.23. The third-order valence-electron chi connectivity index (χ3n) is 4.12. The summed E-state index contributed by atoms with van der Waals surface area (Å²) in [5, 5.41) is 9.21. The minimum absolute atomic E-state index is 0.0994. The van der Waals surface area contributed by atoms with E-state index in [4.69, 9.17) is 4.74 Å². The molecule has 1 amide bonds. The lowest BCUT2D eigenvalue weighted by atomic mass is 10.1. The smallest absolute Gasteiger partial charge is 0.254 e. The molecule has 3 rings (SSSR count). The van der Waals surface area contributed by atoms with Gasteiger partial charge >= 0.3 is 0 Å². The number of phenolic OH excluding ortho intramolecular Hbond substituents is 1. The Morgan fingerprint density at radius 3 is 2.56 bits per heavy atom. The third kappa shape index (κ3) is 4.11. The van der Waals surface area contributed by atoms with Crippen LogP contribution in [0.1, 0.15) is 28.8 Å². The molecule has 0 radical (unpaired) electrons. The molecule has 7 heteroatoms. The fraction of sp³-hybridized carbons (Fsp3) is 0.333. The van der Waals surface area contributed by atoms with E-state index < -0.39 is 23.3 Å². The Bertz CT molecular complexity index is 726. The van der Waals surface area contributed by atoms with Gasteiger partial charge in [0.2, 0.25) is 0 Å². The molecule has 1 saturated heterocycles. The lowest BCUT2D eigenvalue weighted by Crippen LogP contribution is -2.37. The van der Waals surface area contributed by atoms with Gasteiger partial charge in [-0.05, 0) is 42.7 Å². The topological polar surface area (TPSA) is 62.7 Å². The molecular formula is C18H18F2N2O3. The molecule has 1 N–H and O–H groups in total.